The van der Waals surface area contributed by atoms with Gasteiger partial charge in [-0.25, -0.2) is 4.98 Å². The van der Waals surface area contributed by atoms with Crippen LogP contribution in [0, 0.1) is 13.8 Å². The summed E-state index contributed by atoms with van der Waals surface area (Å²) in [5.41, 5.74) is 5.30. The van der Waals surface area contributed by atoms with Gasteiger partial charge >= 0.3 is 5.97 Å². The Bertz CT molecular complexity index is 927. The molecule has 3 aromatic rings. The minimum atomic E-state index is -0.186. The van der Waals surface area contributed by atoms with Crippen molar-refractivity contribution in [2.75, 3.05) is 6.61 Å². The number of carbonyl (C=O) groups is 1. The second kappa shape index (κ2) is 8.87. The summed E-state index contributed by atoms with van der Waals surface area (Å²) >= 11 is 0. The van der Waals surface area contributed by atoms with Gasteiger partial charge in [0.25, 0.3) is 0 Å². The average Bonchev–Trinajstić information content (AvgIpc) is 3.23. The van der Waals surface area contributed by atoms with E-state index in [1.54, 1.807) is 0 Å². The van der Waals surface area contributed by atoms with Crippen molar-refractivity contribution in [3.63, 3.8) is 0 Å². The van der Waals surface area contributed by atoms with Gasteiger partial charge in [0.15, 0.2) is 0 Å². The van der Waals surface area contributed by atoms with Crippen molar-refractivity contribution in [1.29, 1.82) is 0 Å². The molecule has 6 heteroatoms. The van der Waals surface area contributed by atoms with E-state index in [0.717, 1.165) is 41.3 Å². The highest BCUT2D eigenvalue weighted by Gasteiger charge is 2.19. The average molecular weight is 380 g/mol. The molecule has 0 aliphatic heterocycles. The van der Waals surface area contributed by atoms with Crippen LogP contribution >= 0.6 is 0 Å². The number of carbonyl (C=O) groups excluding carboxylic acids is 1. The summed E-state index contributed by atoms with van der Waals surface area (Å²) in [6, 6.07) is 12.2. The van der Waals surface area contributed by atoms with Crippen LogP contribution < -0.4 is 0 Å². The normalized spacial score (nSPS) is 12.1. The Hall–Kier alpha value is -2.89. The van der Waals surface area contributed by atoms with E-state index in [1.807, 2.05) is 50.0 Å². The number of imidazole rings is 1. The fourth-order valence-electron chi connectivity index (χ4n) is 3.52. The van der Waals surface area contributed by atoms with E-state index in [4.69, 9.17) is 4.74 Å². The molecule has 2 heterocycles. The Morgan fingerprint density at radius 1 is 1.21 bits per heavy atom. The molecule has 0 bridgehead atoms. The van der Waals surface area contributed by atoms with E-state index < -0.39 is 0 Å². The summed E-state index contributed by atoms with van der Waals surface area (Å²) in [7, 11) is 0. The summed E-state index contributed by atoms with van der Waals surface area (Å²) in [4.78, 5) is 16.7. The molecule has 0 amide bonds. The second-order valence-electron chi connectivity index (χ2n) is 7.07. The monoisotopic (exact) mass is 380 g/mol. The van der Waals surface area contributed by atoms with Gasteiger partial charge in [-0.3, -0.25) is 9.48 Å². The van der Waals surface area contributed by atoms with Crippen LogP contribution in [0.3, 0.4) is 0 Å². The largest absolute Gasteiger partial charge is 0.466 e. The number of benzene rings is 1. The fourth-order valence-corrected chi connectivity index (χ4v) is 3.52. The van der Waals surface area contributed by atoms with Crippen LogP contribution in [0.5, 0.6) is 0 Å². The standard InChI is InChI=1S/C22H28N4O2/c1-5-28-21(27)14-17(3)25-15-23-22(19-9-7-6-8-10-19)20(25)11-12-26-18(4)13-16(2)24-26/h6-10,13,15,17H,5,11-12,14H2,1-4H3/t17-/m1/s1. The highest BCUT2D eigenvalue weighted by molar-refractivity contribution is 5.70. The van der Waals surface area contributed by atoms with E-state index in [1.165, 1.54) is 0 Å². The van der Waals surface area contributed by atoms with Gasteiger partial charge in [-0.15, -0.1) is 0 Å². The lowest BCUT2D eigenvalue weighted by Gasteiger charge is -2.17. The minimum Gasteiger partial charge on any atom is -0.466 e. The third kappa shape index (κ3) is 4.50. The zero-order valence-corrected chi connectivity index (χ0v) is 17.1. The van der Waals surface area contributed by atoms with E-state index in [-0.39, 0.29) is 12.0 Å². The van der Waals surface area contributed by atoms with Crippen molar-refractivity contribution < 1.29 is 9.53 Å². The lowest BCUT2D eigenvalue weighted by molar-refractivity contribution is -0.143. The first-order valence-corrected chi connectivity index (χ1v) is 9.77. The molecule has 1 atom stereocenters. The fraction of sp³-hybridized carbons (Fsp3) is 0.409. The lowest BCUT2D eigenvalue weighted by Crippen LogP contribution is -2.16. The van der Waals surface area contributed by atoms with Gasteiger partial charge in [0.2, 0.25) is 0 Å². The molecular formula is C22H28N4O2. The van der Waals surface area contributed by atoms with Gasteiger partial charge in [0.05, 0.1) is 30.7 Å². The molecule has 28 heavy (non-hydrogen) atoms. The SMILES string of the molecule is CCOC(=O)C[C@@H](C)n1cnc(-c2ccccc2)c1CCn1nc(C)cc1C. The number of hydrogen-bond donors (Lipinski definition) is 0. The minimum absolute atomic E-state index is 0.0283. The van der Waals surface area contributed by atoms with Gasteiger partial charge in [-0.1, -0.05) is 30.3 Å². The van der Waals surface area contributed by atoms with E-state index in [0.29, 0.717) is 13.0 Å². The smallest absolute Gasteiger partial charge is 0.307 e. The topological polar surface area (TPSA) is 61.9 Å². The molecule has 0 spiro atoms. The Morgan fingerprint density at radius 2 is 1.96 bits per heavy atom. The third-order valence-electron chi connectivity index (χ3n) is 4.85. The molecule has 0 saturated carbocycles. The lowest BCUT2D eigenvalue weighted by atomic mass is 10.1. The number of aryl methyl sites for hydroxylation is 3. The summed E-state index contributed by atoms with van der Waals surface area (Å²) in [6.45, 7) is 9.09. The van der Waals surface area contributed by atoms with Gasteiger partial charge in [-0.2, -0.15) is 5.10 Å². The van der Waals surface area contributed by atoms with Crippen molar-refractivity contribution in [2.45, 2.75) is 53.1 Å². The van der Waals surface area contributed by atoms with Crippen molar-refractivity contribution in [3.05, 3.63) is 59.8 Å². The maximum absolute atomic E-state index is 12.0. The van der Waals surface area contributed by atoms with Crippen LogP contribution in [0.2, 0.25) is 0 Å². The Kier molecular flexibility index (Phi) is 6.29. The first kappa shape index (κ1) is 19.9. The molecular weight excluding hydrogens is 352 g/mol. The highest BCUT2D eigenvalue weighted by atomic mass is 16.5. The first-order chi connectivity index (χ1) is 13.5. The zero-order valence-electron chi connectivity index (χ0n) is 17.1. The van der Waals surface area contributed by atoms with E-state index >= 15 is 0 Å². The second-order valence-corrected chi connectivity index (χ2v) is 7.07. The summed E-state index contributed by atoms with van der Waals surface area (Å²) in [6.07, 6.45) is 2.94. The molecule has 1 aromatic carbocycles. The van der Waals surface area contributed by atoms with Crippen molar-refractivity contribution in [3.8, 4) is 11.3 Å². The number of hydrogen-bond acceptors (Lipinski definition) is 4. The van der Waals surface area contributed by atoms with Crippen LogP contribution in [0.15, 0.2) is 42.7 Å². The van der Waals surface area contributed by atoms with E-state index in [2.05, 4.69) is 39.8 Å². The predicted molar refractivity (Wildman–Crippen MR) is 109 cm³/mol. The highest BCUT2D eigenvalue weighted by Crippen LogP contribution is 2.26. The molecule has 0 aliphatic carbocycles. The summed E-state index contributed by atoms with van der Waals surface area (Å²) < 4.78 is 9.25. The van der Waals surface area contributed by atoms with Gasteiger partial charge in [-0.05, 0) is 33.8 Å². The van der Waals surface area contributed by atoms with Crippen LogP contribution in [0.25, 0.3) is 11.3 Å². The molecule has 6 nitrogen and oxygen atoms in total. The number of nitrogens with zero attached hydrogens (tertiary/aromatic N) is 4. The Morgan fingerprint density at radius 3 is 2.61 bits per heavy atom. The van der Waals surface area contributed by atoms with E-state index in [9.17, 15) is 4.79 Å². The number of ether oxygens (including phenoxy) is 1. The molecule has 0 radical (unpaired) electrons. The van der Waals surface area contributed by atoms with Crippen molar-refractivity contribution >= 4 is 5.97 Å². The van der Waals surface area contributed by atoms with Crippen LogP contribution in [-0.4, -0.2) is 31.9 Å². The van der Waals surface area contributed by atoms with Gasteiger partial charge < -0.3 is 9.30 Å². The molecule has 148 valence electrons. The molecule has 0 aliphatic rings. The zero-order chi connectivity index (χ0) is 20.1. The molecule has 0 fully saturated rings. The third-order valence-corrected chi connectivity index (χ3v) is 4.85. The quantitative estimate of drug-likeness (QED) is 0.552. The van der Waals surface area contributed by atoms with Crippen LogP contribution in [0.4, 0.5) is 0 Å². The van der Waals surface area contributed by atoms with Gasteiger partial charge in [0.1, 0.15) is 0 Å². The number of rotatable bonds is 8. The van der Waals surface area contributed by atoms with Crippen molar-refractivity contribution in [1.82, 2.24) is 19.3 Å². The van der Waals surface area contributed by atoms with Crippen LogP contribution in [0.1, 0.15) is 43.4 Å². The molecule has 0 N–H and O–H groups in total. The summed E-state index contributed by atoms with van der Waals surface area (Å²) in [5.74, 6) is -0.186. The number of esters is 1. The molecule has 2 aromatic heterocycles. The Balaban J connectivity index is 1.90. The molecule has 0 saturated heterocycles. The maximum Gasteiger partial charge on any atom is 0.307 e. The first-order valence-electron chi connectivity index (χ1n) is 9.77. The van der Waals surface area contributed by atoms with Crippen molar-refractivity contribution in [2.24, 2.45) is 0 Å². The van der Waals surface area contributed by atoms with Crippen LogP contribution in [-0.2, 0) is 22.5 Å². The molecule has 3 rings (SSSR count). The van der Waals surface area contributed by atoms with Gasteiger partial charge in [0, 0.05) is 36.0 Å². The summed E-state index contributed by atoms with van der Waals surface area (Å²) in [5, 5.41) is 4.57. The molecule has 0 unspecified atom stereocenters. The maximum atomic E-state index is 12.0. The predicted octanol–water partition coefficient (Wildman–Crippen LogP) is 4.12. The Labute approximate surface area is 166 Å². The number of aromatic nitrogens is 4.